The molecule has 1 aromatic carbocycles. The fourth-order valence-electron chi connectivity index (χ4n) is 3.05. The summed E-state index contributed by atoms with van der Waals surface area (Å²) in [7, 11) is 0. The van der Waals surface area contributed by atoms with E-state index in [4.69, 9.17) is 11.6 Å². The molecule has 3 aromatic rings. The van der Waals surface area contributed by atoms with Crippen molar-refractivity contribution < 1.29 is 9.72 Å². The molecule has 0 saturated carbocycles. The second-order valence-electron chi connectivity index (χ2n) is 6.72. The molecule has 0 aliphatic carbocycles. The largest absolute Gasteiger partial charge is 0.323 e. The quantitative estimate of drug-likeness (QED) is 0.467. The number of halogens is 1. The molecule has 0 atom stereocenters. The molecule has 0 unspecified atom stereocenters. The Balaban J connectivity index is 1.65. The molecule has 0 aliphatic heterocycles. The number of carbonyl (C=O) groups excluding carboxylic acids is 1. The molecule has 0 bridgehead atoms. The molecule has 2 aromatic heterocycles. The Labute approximate surface area is 172 Å². The summed E-state index contributed by atoms with van der Waals surface area (Å²) in [6.07, 6.45) is 1.34. The fraction of sp³-hybridized carbons (Fsp3) is 0.316. The molecule has 152 valence electrons. The highest BCUT2D eigenvalue weighted by Gasteiger charge is 2.18. The molecule has 0 fully saturated rings. The standard InChI is InChI=1S/C19H21ClN6O3/c1-12-19(14(3)25(23-12)11-15-4-6-16(20)7-5-15)22-18(27)8-9-24-13(2)17(10-21-24)26(28)29/h4-7,10H,8-9,11H2,1-3H3,(H,22,27). The Bertz CT molecular complexity index is 1050. The molecule has 0 saturated heterocycles. The van der Waals surface area contributed by atoms with Crippen LogP contribution in [0.2, 0.25) is 5.02 Å². The summed E-state index contributed by atoms with van der Waals surface area (Å²) in [5.41, 5.74) is 3.65. The van der Waals surface area contributed by atoms with E-state index >= 15 is 0 Å². The number of carbonyl (C=O) groups is 1. The van der Waals surface area contributed by atoms with E-state index in [0.29, 0.717) is 22.9 Å². The van der Waals surface area contributed by atoms with E-state index in [0.717, 1.165) is 17.0 Å². The van der Waals surface area contributed by atoms with Gasteiger partial charge in [-0.2, -0.15) is 10.2 Å². The van der Waals surface area contributed by atoms with E-state index in [2.05, 4.69) is 15.5 Å². The Morgan fingerprint density at radius 1 is 1.17 bits per heavy atom. The molecule has 10 heteroatoms. The van der Waals surface area contributed by atoms with Gasteiger partial charge in [-0.05, 0) is 38.5 Å². The number of amides is 1. The van der Waals surface area contributed by atoms with Crippen molar-refractivity contribution in [1.29, 1.82) is 0 Å². The first-order valence-corrected chi connectivity index (χ1v) is 9.39. The lowest BCUT2D eigenvalue weighted by Crippen LogP contribution is -2.16. The van der Waals surface area contributed by atoms with Crippen molar-refractivity contribution in [2.24, 2.45) is 0 Å². The van der Waals surface area contributed by atoms with Crippen molar-refractivity contribution in [3.8, 4) is 0 Å². The SMILES string of the molecule is Cc1nn(Cc2ccc(Cl)cc2)c(C)c1NC(=O)CCn1ncc([N+](=O)[O-])c1C. The van der Waals surface area contributed by atoms with Crippen LogP contribution in [0.4, 0.5) is 11.4 Å². The molecule has 0 aliphatic rings. The van der Waals surface area contributed by atoms with Gasteiger partial charge < -0.3 is 5.32 Å². The average molecular weight is 417 g/mol. The Kier molecular flexibility index (Phi) is 5.97. The maximum Gasteiger partial charge on any atom is 0.309 e. The smallest absolute Gasteiger partial charge is 0.309 e. The first-order chi connectivity index (χ1) is 13.8. The topological polar surface area (TPSA) is 108 Å². The van der Waals surface area contributed by atoms with Crippen molar-refractivity contribution in [2.75, 3.05) is 5.32 Å². The van der Waals surface area contributed by atoms with Crippen LogP contribution in [0.25, 0.3) is 0 Å². The lowest BCUT2D eigenvalue weighted by atomic mass is 10.2. The highest BCUT2D eigenvalue weighted by Crippen LogP contribution is 2.22. The Morgan fingerprint density at radius 3 is 2.48 bits per heavy atom. The number of benzene rings is 1. The Morgan fingerprint density at radius 2 is 1.86 bits per heavy atom. The van der Waals surface area contributed by atoms with Gasteiger partial charge in [0.05, 0.1) is 35.1 Å². The maximum atomic E-state index is 12.4. The number of nitrogens with zero attached hydrogens (tertiary/aromatic N) is 5. The van der Waals surface area contributed by atoms with Gasteiger partial charge >= 0.3 is 5.69 Å². The van der Waals surface area contributed by atoms with Gasteiger partial charge in [-0.25, -0.2) is 0 Å². The van der Waals surface area contributed by atoms with Gasteiger partial charge in [0.1, 0.15) is 11.9 Å². The van der Waals surface area contributed by atoms with Gasteiger partial charge in [0, 0.05) is 11.4 Å². The van der Waals surface area contributed by atoms with Crippen LogP contribution in [-0.2, 0) is 17.9 Å². The third-order valence-electron chi connectivity index (χ3n) is 4.72. The van der Waals surface area contributed by atoms with Crippen molar-refractivity contribution in [1.82, 2.24) is 19.6 Å². The van der Waals surface area contributed by atoms with Gasteiger partial charge in [-0.3, -0.25) is 24.3 Å². The lowest BCUT2D eigenvalue weighted by Gasteiger charge is -2.08. The molecule has 1 amide bonds. The van der Waals surface area contributed by atoms with Crippen molar-refractivity contribution in [3.63, 3.8) is 0 Å². The minimum absolute atomic E-state index is 0.0550. The molecular formula is C19H21ClN6O3. The predicted molar refractivity (Wildman–Crippen MR) is 109 cm³/mol. The first-order valence-electron chi connectivity index (χ1n) is 9.01. The van der Waals surface area contributed by atoms with Crippen molar-refractivity contribution in [2.45, 2.75) is 40.3 Å². The van der Waals surface area contributed by atoms with Crippen molar-refractivity contribution in [3.05, 3.63) is 68.2 Å². The number of hydrogen-bond donors (Lipinski definition) is 1. The van der Waals surface area contributed by atoms with E-state index in [1.54, 1.807) is 6.92 Å². The van der Waals surface area contributed by atoms with E-state index in [1.165, 1.54) is 10.9 Å². The van der Waals surface area contributed by atoms with E-state index in [1.807, 2.05) is 42.8 Å². The summed E-state index contributed by atoms with van der Waals surface area (Å²) in [5.74, 6) is -0.209. The minimum Gasteiger partial charge on any atom is -0.323 e. The number of hydrogen-bond acceptors (Lipinski definition) is 5. The molecule has 3 rings (SSSR count). The number of anilines is 1. The van der Waals surface area contributed by atoms with E-state index < -0.39 is 4.92 Å². The van der Waals surface area contributed by atoms with Crippen molar-refractivity contribution >= 4 is 28.9 Å². The van der Waals surface area contributed by atoms with Gasteiger partial charge in [-0.1, -0.05) is 23.7 Å². The molecule has 0 radical (unpaired) electrons. The van der Waals surface area contributed by atoms with Crippen LogP contribution in [0.5, 0.6) is 0 Å². The second kappa shape index (κ2) is 8.44. The summed E-state index contributed by atoms with van der Waals surface area (Å²) >= 11 is 5.92. The van der Waals surface area contributed by atoms with Gasteiger partial charge in [-0.15, -0.1) is 0 Å². The number of nitro groups is 1. The number of rotatable bonds is 7. The number of aryl methyl sites for hydroxylation is 2. The van der Waals surface area contributed by atoms with Crippen LogP contribution >= 0.6 is 11.6 Å². The zero-order chi connectivity index (χ0) is 21.1. The highest BCUT2D eigenvalue weighted by atomic mass is 35.5. The van der Waals surface area contributed by atoms with Gasteiger partial charge in [0.25, 0.3) is 0 Å². The summed E-state index contributed by atoms with van der Waals surface area (Å²) in [4.78, 5) is 22.8. The number of aromatic nitrogens is 4. The van der Waals surface area contributed by atoms with Crippen LogP contribution in [0, 0.1) is 30.9 Å². The minimum atomic E-state index is -0.485. The average Bonchev–Trinajstić information content (AvgIpc) is 3.16. The van der Waals surface area contributed by atoms with Crippen LogP contribution in [0.1, 0.15) is 29.1 Å². The first kappa shape index (κ1) is 20.5. The zero-order valence-electron chi connectivity index (χ0n) is 16.3. The van der Waals surface area contributed by atoms with E-state index in [9.17, 15) is 14.9 Å². The summed E-state index contributed by atoms with van der Waals surface area (Å²) < 4.78 is 3.29. The third-order valence-corrected chi connectivity index (χ3v) is 4.97. The van der Waals surface area contributed by atoms with Crippen LogP contribution < -0.4 is 5.32 Å². The summed E-state index contributed by atoms with van der Waals surface area (Å²) in [6, 6.07) is 7.52. The molecule has 29 heavy (non-hydrogen) atoms. The normalized spacial score (nSPS) is 10.9. The highest BCUT2D eigenvalue weighted by molar-refractivity contribution is 6.30. The molecule has 1 N–H and O–H groups in total. The predicted octanol–water partition coefficient (Wildman–Crippen LogP) is 3.64. The molecule has 9 nitrogen and oxygen atoms in total. The fourth-order valence-corrected chi connectivity index (χ4v) is 3.17. The van der Waals surface area contributed by atoms with E-state index in [-0.39, 0.29) is 24.6 Å². The summed E-state index contributed by atoms with van der Waals surface area (Å²) in [5, 5.41) is 23.0. The van der Waals surface area contributed by atoms with Crippen LogP contribution in [0.3, 0.4) is 0 Å². The zero-order valence-corrected chi connectivity index (χ0v) is 17.1. The van der Waals surface area contributed by atoms with Crippen LogP contribution in [-0.4, -0.2) is 30.4 Å². The monoisotopic (exact) mass is 416 g/mol. The number of nitrogens with one attached hydrogen (secondary N) is 1. The van der Waals surface area contributed by atoms with Gasteiger partial charge in [0.2, 0.25) is 5.91 Å². The van der Waals surface area contributed by atoms with Gasteiger partial charge in [0.15, 0.2) is 0 Å². The maximum absolute atomic E-state index is 12.4. The molecule has 0 spiro atoms. The van der Waals surface area contributed by atoms with Crippen LogP contribution in [0.15, 0.2) is 30.5 Å². The Hall–Kier alpha value is -3.20. The second-order valence-corrected chi connectivity index (χ2v) is 7.16. The summed E-state index contributed by atoms with van der Waals surface area (Å²) in [6.45, 7) is 6.16. The third kappa shape index (κ3) is 4.62. The lowest BCUT2D eigenvalue weighted by molar-refractivity contribution is -0.385. The molecular weight excluding hydrogens is 396 g/mol. The molecule has 2 heterocycles.